The molecular formula is C18H25NO13. The van der Waals surface area contributed by atoms with Gasteiger partial charge in [-0.1, -0.05) is 0 Å². The van der Waals surface area contributed by atoms with Gasteiger partial charge in [0.25, 0.3) is 5.69 Å². The standard InChI is InChI=1S/C18H25NO13/c20-5-9-11(22)13(24)15(26)17(30-9)32-16-14(25)12(23)10(6-21)31-18(16)29-8-3-1-7(2-4-8)19(27)28/h1-4,9-18,20-26H,5-6H2/t9-,10-,11-,12-,13+,14+,15-,16-,17+,18-/m1/s1. The van der Waals surface area contributed by atoms with E-state index in [1.165, 1.54) is 12.1 Å². The molecule has 0 aromatic heterocycles. The number of ether oxygens (including phenoxy) is 4. The molecule has 1 aromatic carbocycles. The molecule has 2 aliphatic rings. The van der Waals surface area contributed by atoms with E-state index in [-0.39, 0.29) is 11.4 Å². The lowest BCUT2D eigenvalue weighted by molar-refractivity contribution is -0.384. The smallest absolute Gasteiger partial charge is 0.269 e. The van der Waals surface area contributed by atoms with E-state index in [2.05, 4.69) is 0 Å². The van der Waals surface area contributed by atoms with Crippen molar-refractivity contribution in [1.82, 2.24) is 0 Å². The minimum absolute atomic E-state index is 0.0586. The lowest BCUT2D eigenvalue weighted by Crippen LogP contribution is -2.65. The van der Waals surface area contributed by atoms with Gasteiger partial charge in [-0.05, 0) is 12.1 Å². The SMILES string of the molecule is O=[N+]([O-])c1ccc(O[C@@H]2O[C@H](CO)[C@@H](O)[C@H](O)[C@H]2O[C@@H]2O[C@H](CO)[C@@H](O)[C@H](O)[C@H]2O)cc1. The summed E-state index contributed by atoms with van der Waals surface area (Å²) in [5, 5.41) is 80.3. The highest BCUT2D eigenvalue weighted by atomic mass is 16.8. The molecule has 2 aliphatic heterocycles. The Hall–Kier alpha value is -1.98. The fourth-order valence-corrected chi connectivity index (χ4v) is 3.41. The number of non-ortho nitro benzene ring substituents is 1. The first kappa shape index (κ1) is 24.7. The number of aliphatic hydroxyl groups is 7. The molecule has 3 rings (SSSR count). The average molecular weight is 463 g/mol. The molecule has 0 spiro atoms. The van der Waals surface area contributed by atoms with Crippen LogP contribution in [0.1, 0.15) is 0 Å². The van der Waals surface area contributed by atoms with Crippen LogP contribution >= 0.6 is 0 Å². The van der Waals surface area contributed by atoms with Gasteiger partial charge >= 0.3 is 0 Å². The Morgan fingerprint density at radius 2 is 1.34 bits per heavy atom. The second-order valence-electron chi connectivity index (χ2n) is 7.37. The summed E-state index contributed by atoms with van der Waals surface area (Å²) < 4.78 is 21.8. The van der Waals surface area contributed by atoms with Crippen LogP contribution in [0, 0.1) is 10.1 Å². The van der Waals surface area contributed by atoms with Gasteiger partial charge in [-0.3, -0.25) is 10.1 Å². The van der Waals surface area contributed by atoms with Crippen LogP contribution in [0.5, 0.6) is 5.75 Å². The van der Waals surface area contributed by atoms with Gasteiger partial charge in [0.05, 0.1) is 18.1 Å². The average Bonchev–Trinajstić information content (AvgIpc) is 2.78. The molecule has 14 heteroatoms. The number of benzene rings is 1. The second-order valence-corrected chi connectivity index (χ2v) is 7.37. The van der Waals surface area contributed by atoms with Gasteiger partial charge in [-0.15, -0.1) is 0 Å². The van der Waals surface area contributed by atoms with Crippen LogP contribution < -0.4 is 4.74 Å². The van der Waals surface area contributed by atoms with Gasteiger partial charge in [0.1, 0.15) is 48.5 Å². The molecule has 0 saturated carbocycles. The highest BCUT2D eigenvalue weighted by molar-refractivity contribution is 5.36. The molecule has 2 fully saturated rings. The number of aliphatic hydroxyl groups excluding tert-OH is 7. The van der Waals surface area contributed by atoms with Crippen molar-refractivity contribution in [2.24, 2.45) is 0 Å². The van der Waals surface area contributed by atoms with Crippen molar-refractivity contribution in [3.05, 3.63) is 34.4 Å². The number of nitrogens with zero attached hydrogens (tertiary/aromatic N) is 1. The van der Waals surface area contributed by atoms with Gasteiger partial charge in [0.15, 0.2) is 12.4 Å². The maximum absolute atomic E-state index is 10.8. The van der Waals surface area contributed by atoms with Crippen LogP contribution in [-0.2, 0) is 14.2 Å². The second kappa shape index (κ2) is 10.3. The molecule has 2 heterocycles. The third-order valence-electron chi connectivity index (χ3n) is 5.26. The van der Waals surface area contributed by atoms with Gasteiger partial charge in [-0.2, -0.15) is 0 Å². The number of rotatable bonds is 7. The summed E-state index contributed by atoms with van der Waals surface area (Å²) in [4.78, 5) is 10.2. The minimum atomic E-state index is -1.80. The van der Waals surface area contributed by atoms with Gasteiger partial charge in [-0.25, -0.2) is 0 Å². The van der Waals surface area contributed by atoms with E-state index in [9.17, 15) is 45.9 Å². The molecule has 14 nitrogen and oxygen atoms in total. The zero-order chi connectivity index (χ0) is 23.6. The van der Waals surface area contributed by atoms with Crippen molar-refractivity contribution in [3.8, 4) is 5.75 Å². The van der Waals surface area contributed by atoms with E-state index in [0.717, 1.165) is 12.1 Å². The van der Waals surface area contributed by atoms with E-state index < -0.39 is 79.5 Å². The summed E-state index contributed by atoms with van der Waals surface area (Å²) in [5.41, 5.74) is -0.209. The van der Waals surface area contributed by atoms with Crippen LogP contribution in [0.25, 0.3) is 0 Å². The summed E-state index contributed by atoms with van der Waals surface area (Å²) >= 11 is 0. The molecule has 32 heavy (non-hydrogen) atoms. The number of nitro benzene ring substituents is 1. The third kappa shape index (κ3) is 4.99. The van der Waals surface area contributed by atoms with Crippen molar-refractivity contribution in [3.63, 3.8) is 0 Å². The number of hydrogen-bond acceptors (Lipinski definition) is 13. The first-order chi connectivity index (χ1) is 15.2. The Bertz CT molecular complexity index is 762. The summed E-state index contributed by atoms with van der Waals surface area (Å²) in [5.74, 6) is 0.0586. The molecule has 10 atom stereocenters. The molecule has 0 aliphatic carbocycles. The summed E-state index contributed by atoms with van der Waals surface area (Å²) in [6.07, 6.45) is -15.8. The Kier molecular flexibility index (Phi) is 7.94. The maximum Gasteiger partial charge on any atom is 0.269 e. The molecule has 0 bridgehead atoms. The summed E-state index contributed by atoms with van der Waals surface area (Å²) in [6, 6.07) is 4.80. The van der Waals surface area contributed by atoms with Gasteiger partial charge < -0.3 is 54.7 Å². The molecule has 7 N–H and O–H groups in total. The van der Waals surface area contributed by atoms with Crippen molar-refractivity contribution >= 4 is 5.69 Å². The zero-order valence-corrected chi connectivity index (χ0v) is 16.5. The predicted octanol–water partition coefficient (Wildman–Crippen LogP) is -3.40. The fraction of sp³-hybridized carbons (Fsp3) is 0.667. The Morgan fingerprint density at radius 3 is 1.88 bits per heavy atom. The first-order valence-electron chi connectivity index (χ1n) is 9.67. The minimum Gasteiger partial charge on any atom is -0.462 e. The van der Waals surface area contributed by atoms with E-state index in [0.29, 0.717) is 0 Å². The van der Waals surface area contributed by atoms with Crippen molar-refractivity contribution in [2.75, 3.05) is 13.2 Å². The van der Waals surface area contributed by atoms with E-state index >= 15 is 0 Å². The normalized spacial score (nSPS) is 40.1. The van der Waals surface area contributed by atoms with E-state index in [1.54, 1.807) is 0 Å². The van der Waals surface area contributed by atoms with Crippen LogP contribution in [-0.4, -0.2) is 115 Å². The summed E-state index contributed by atoms with van der Waals surface area (Å²) in [6.45, 7) is -1.41. The Labute approximate surface area is 180 Å². The van der Waals surface area contributed by atoms with E-state index in [1.807, 2.05) is 0 Å². The molecule has 180 valence electrons. The largest absolute Gasteiger partial charge is 0.462 e. The maximum atomic E-state index is 10.8. The molecular weight excluding hydrogens is 438 g/mol. The lowest BCUT2D eigenvalue weighted by Gasteiger charge is -2.45. The summed E-state index contributed by atoms with van der Waals surface area (Å²) in [7, 11) is 0. The quantitative estimate of drug-likeness (QED) is 0.155. The molecule has 0 unspecified atom stereocenters. The predicted molar refractivity (Wildman–Crippen MR) is 100 cm³/mol. The van der Waals surface area contributed by atoms with Crippen LogP contribution in [0.2, 0.25) is 0 Å². The molecule has 0 amide bonds. The monoisotopic (exact) mass is 463 g/mol. The third-order valence-corrected chi connectivity index (χ3v) is 5.26. The van der Waals surface area contributed by atoms with Crippen LogP contribution in [0.3, 0.4) is 0 Å². The highest BCUT2D eigenvalue weighted by Gasteiger charge is 2.51. The van der Waals surface area contributed by atoms with Crippen molar-refractivity contribution < 1.29 is 59.6 Å². The Morgan fingerprint density at radius 1 is 0.812 bits per heavy atom. The molecule has 0 radical (unpaired) electrons. The van der Waals surface area contributed by atoms with Crippen molar-refractivity contribution in [2.45, 2.75) is 61.4 Å². The lowest BCUT2D eigenvalue weighted by atomic mass is 9.97. The highest BCUT2D eigenvalue weighted by Crippen LogP contribution is 2.31. The van der Waals surface area contributed by atoms with E-state index in [4.69, 9.17) is 18.9 Å². The van der Waals surface area contributed by atoms with Gasteiger partial charge in [0.2, 0.25) is 6.29 Å². The molecule has 1 aromatic rings. The number of hydrogen-bond donors (Lipinski definition) is 7. The zero-order valence-electron chi connectivity index (χ0n) is 16.5. The van der Waals surface area contributed by atoms with Crippen molar-refractivity contribution in [1.29, 1.82) is 0 Å². The van der Waals surface area contributed by atoms with Crippen LogP contribution in [0.4, 0.5) is 5.69 Å². The molecule has 2 saturated heterocycles. The van der Waals surface area contributed by atoms with Gasteiger partial charge in [0, 0.05) is 12.1 Å². The topological polar surface area (TPSA) is 222 Å². The Balaban J connectivity index is 1.81. The van der Waals surface area contributed by atoms with Crippen LogP contribution in [0.15, 0.2) is 24.3 Å². The number of nitro groups is 1. The fourth-order valence-electron chi connectivity index (χ4n) is 3.41. The first-order valence-corrected chi connectivity index (χ1v) is 9.67.